The van der Waals surface area contributed by atoms with Gasteiger partial charge in [-0.3, -0.25) is 9.69 Å². The summed E-state index contributed by atoms with van der Waals surface area (Å²) < 4.78 is 5.30. The molecule has 1 amide bonds. The summed E-state index contributed by atoms with van der Waals surface area (Å²) in [5.74, 6) is 0.0457. The summed E-state index contributed by atoms with van der Waals surface area (Å²) in [6.45, 7) is 6.48. The van der Waals surface area contributed by atoms with E-state index in [9.17, 15) is 9.90 Å². The van der Waals surface area contributed by atoms with Crippen LogP contribution in [0.25, 0.3) is 0 Å². The minimum absolute atomic E-state index is 0.0410. The summed E-state index contributed by atoms with van der Waals surface area (Å²) >= 11 is 0. The van der Waals surface area contributed by atoms with E-state index in [1.54, 1.807) is 0 Å². The highest BCUT2D eigenvalue weighted by Crippen LogP contribution is 2.06. The van der Waals surface area contributed by atoms with Crippen LogP contribution in [-0.4, -0.2) is 60.9 Å². The highest BCUT2D eigenvalue weighted by molar-refractivity contribution is 5.78. The van der Waals surface area contributed by atoms with E-state index in [2.05, 4.69) is 19.2 Å². The zero-order chi connectivity index (χ0) is 14.1. The van der Waals surface area contributed by atoms with E-state index < -0.39 is 0 Å². The van der Waals surface area contributed by atoms with Crippen LogP contribution in [0.15, 0.2) is 0 Å². The molecule has 1 saturated heterocycles. The lowest BCUT2D eigenvalue weighted by atomic mass is 10.1. The Morgan fingerprint density at radius 1 is 1.53 bits per heavy atom. The first-order valence-corrected chi connectivity index (χ1v) is 7.39. The van der Waals surface area contributed by atoms with Crippen molar-refractivity contribution in [1.82, 2.24) is 10.2 Å². The maximum absolute atomic E-state index is 11.9. The third-order valence-corrected chi connectivity index (χ3v) is 3.55. The number of amides is 1. The molecule has 0 spiro atoms. The van der Waals surface area contributed by atoms with E-state index in [0.29, 0.717) is 26.3 Å². The largest absolute Gasteiger partial charge is 0.395 e. The Morgan fingerprint density at radius 3 is 3.00 bits per heavy atom. The molecule has 2 N–H and O–H groups in total. The van der Waals surface area contributed by atoms with Crippen molar-refractivity contribution in [2.45, 2.75) is 51.6 Å². The summed E-state index contributed by atoms with van der Waals surface area (Å²) in [4.78, 5) is 13.9. The number of hydrogen-bond acceptors (Lipinski definition) is 4. The van der Waals surface area contributed by atoms with Crippen LogP contribution in [-0.2, 0) is 9.53 Å². The molecule has 5 heteroatoms. The van der Waals surface area contributed by atoms with Crippen LogP contribution in [0.4, 0.5) is 0 Å². The van der Waals surface area contributed by atoms with Gasteiger partial charge in [0.05, 0.1) is 32.4 Å². The van der Waals surface area contributed by atoms with Crippen LogP contribution in [0, 0.1) is 0 Å². The molecule has 1 heterocycles. The van der Waals surface area contributed by atoms with Gasteiger partial charge in [0.25, 0.3) is 0 Å². The SMILES string of the molecule is CCCCCC(C)NC(=O)CN1CCOCC1CO. The second-order valence-electron chi connectivity index (χ2n) is 5.35. The summed E-state index contributed by atoms with van der Waals surface area (Å²) in [7, 11) is 0. The average Bonchev–Trinajstić information content (AvgIpc) is 2.39. The second kappa shape index (κ2) is 9.28. The van der Waals surface area contributed by atoms with Gasteiger partial charge in [-0.25, -0.2) is 0 Å². The third-order valence-electron chi connectivity index (χ3n) is 3.55. The van der Waals surface area contributed by atoms with Crippen molar-refractivity contribution in [2.24, 2.45) is 0 Å². The zero-order valence-electron chi connectivity index (χ0n) is 12.2. The molecule has 2 unspecified atom stereocenters. The minimum atomic E-state index is -0.0464. The number of aliphatic hydroxyl groups excluding tert-OH is 1. The number of unbranched alkanes of at least 4 members (excludes halogenated alkanes) is 2. The van der Waals surface area contributed by atoms with Crippen molar-refractivity contribution in [2.75, 3.05) is 32.9 Å². The number of hydrogen-bond donors (Lipinski definition) is 2. The van der Waals surface area contributed by atoms with E-state index in [0.717, 1.165) is 12.8 Å². The molecule has 0 aromatic heterocycles. The number of nitrogens with one attached hydrogen (secondary N) is 1. The average molecular weight is 272 g/mol. The predicted molar refractivity (Wildman–Crippen MR) is 75.0 cm³/mol. The molecule has 1 fully saturated rings. The molecule has 0 aliphatic carbocycles. The van der Waals surface area contributed by atoms with Crippen LogP contribution in [0.5, 0.6) is 0 Å². The lowest BCUT2D eigenvalue weighted by molar-refractivity contribution is -0.125. The molecule has 1 rings (SSSR count). The van der Waals surface area contributed by atoms with Gasteiger partial charge in [0, 0.05) is 12.6 Å². The molecule has 0 saturated carbocycles. The Hall–Kier alpha value is -0.650. The fraction of sp³-hybridized carbons (Fsp3) is 0.929. The standard InChI is InChI=1S/C14H28N2O3/c1-3-4-5-6-12(2)15-14(18)9-16-7-8-19-11-13(16)10-17/h12-13,17H,3-11H2,1-2H3,(H,15,18). The van der Waals surface area contributed by atoms with Crippen molar-refractivity contribution >= 4 is 5.91 Å². The monoisotopic (exact) mass is 272 g/mol. The molecule has 112 valence electrons. The van der Waals surface area contributed by atoms with Gasteiger partial charge in [-0.15, -0.1) is 0 Å². The summed E-state index contributed by atoms with van der Waals surface area (Å²) in [6, 6.07) is 0.183. The Kier molecular flexibility index (Phi) is 8.02. The molecule has 0 radical (unpaired) electrons. The van der Waals surface area contributed by atoms with Gasteiger partial charge in [-0.1, -0.05) is 26.2 Å². The number of carbonyl (C=O) groups excluding carboxylic acids is 1. The van der Waals surface area contributed by atoms with Crippen LogP contribution in [0.1, 0.15) is 39.5 Å². The lowest BCUT2D eigenvalue weighted by Gasteiger charge is -2.34. The molecule has 2 atom stereocenters. The van der Waals surface area contributed by atoms with Gasteiger partial charge < -0.3 is 15.2 Å². The first-order valence-electron chi connectivity index (χ1n) is 7.39. The van der Waals surface area contributed by atoms with E-state index >= 15 is 0 Å². The van der Waals surface area contributed by atoms with Gasteiger partial charge in [0.15, 0.2) is 0 Å². The van der Waals surface area contributed by atoms with Crippen LogP contribution < -0.4 is 5.32 Å². The molecule has 0 aromatic carbocycles. The van der Waals surface area contributed by atoms with Gasteiger partial charge >= 0.3 is 0 Å². The number of morpholine rings is 1. The quantitative estimate of drug-likeness (QED) is 0.641. The number of rotatable bonds is 8. The smallest absolute Gasteiger partial charge is 0.234 e. The molecule has 1 aliphatic rings. The summed E-state index contributed by atoms with van der Waals surface area (Å²) in [5, 5.41) is 12.3. The second-order valence-corrected chi connectivity index (χ2v) is 5.35. The molecule has 5 nitrogen and oxygen atoms in total. The molecule has 19 heavy (non-hydrogen) atoms. The van der Waals surface area contributed by atoms with E-state index in [1.807, 2.05) is 4.90 Å². The Labute approximate surface area is 116 Å². The van der Waals surface area contributed by atoms with E-state index in [4.69, 9.17) is 4.74 Å². The first kappa shape index (κ1) is 16.4. The van der Waals surface area contributed by atoms with E-state index in [-0.39, 0.29) is 24.6 Å². The van der Waals surface area contributed by atoms with Crippen molar-refractivity contribution in [1.29, 1.82) is 0 Å². The maximum Gasteiger partial charge on any atom is 0.234 e. The topological polar surface area (TPSA) is 61.8 Å². The van der Waals surface area contributed by atoms with Crippen molar-refractivity contribution in [3.63, 3.8) is 0 Å². The molecular formula is C14H28N2O3. The van der Waals surface area contributed by atoms with Gasteiger partial charge in [-0.05, 0) is 13.3 Å². The highest BCUT2D eigenvalue weighted by atomic mass is 16.5. The Balaban J connectivity index is 2.25. The minimum Gasteiger partial charge on any atom is -0.395 e. The van der Waals surface area contributed by atoms with Crippen LogP contribution in [0.3, 0.4) is 0 Å². The lowest BCUT2D eigenvalue weighted by Crippen LogP contribution is -2.52. The molecule has 0 bridgehead atoms. The number of ether oxygens (including phenoxy) is 1. The number of carbonyl (C=O) groups is 1. The fourth-order valence-corrected chi connectivity index (χ4v) is 2.34. The fourth-order valence-electron chi connectivity index (χ4n) is 2.34. The summed E-state index contributed by atoms with van der Waals surface area (Å²) in [6.07, 6.45) is 4.61. The van der Waals surface area contributed by atoms with Gasteiger partial charge in [-0.2, -0.15) is 0 Å². The van der Waals surface area contributed by atoms with Gasteiger partial charge in [0.1, 0.15) is 0 Å². The molecule has 1 aliphatic heterocycles. The normalized spacial score (nSPS) is 22.2. The molecular weight excluding hydrogens is 244 g/mol. The van der Waals surface area contributed by atoms with Crippen molar-refractivity contribution in [3.8, 4) is 0 Å². The maximum atomic E-state index is 11.9. The highest BCUT2D eigenvalue weighted by Gasteiger charge is 2.24. The van der Waals surface area contributed by atoms with Crippen molar-refractivity contribution in [3.05, 3.63) is 0 Å². The van der Waals surface area contributed by atoms with Crippen LogP contribution >= 0.6 is 0 Å². The van der Waals surface area contributed by atoms with Crippen LogP contribution in [0.2, 0.25) is 0 Å². The Bertz CT molecular complexity index is 261. The van der Waals surface area contributed by atoms with E-state index in [1.165, 1.54) is 12.8 Å². The predicted octanol–water partition coefficient (Wildman–Crippen LogP) is 0.765. The molecule has 0 aromatic rings. The Morgan fingerprint density at radius 2 is 2.32 bits per heavy atom. The number of aliphatic hydroxyl groups is 1. The number of nitrogens with zero attached hydrogens (tertiary/aromatic N) is 1. The van der Waals surface area contributed by atoms with Gasteiger partial charge in [0.2, 0.25) is 5.91 Å². The first-order chi connectivity index (χ1) is 9.17. The zero-order valence-corrected chi connectivity index (χ0v) is 12.2. The third kappa shape index (κ3) is 6.36. The summed E-state index contributed by atoms with van der Waals surface area (Å²) in [5.41, 5.74) is 0. The van der Waals surface area contributed by atoms with Crippen molar-refractivity contribution < 1.29 is 14.6 Å².